The molecule has 1 N–H and O–H groups in total. The van der Waals surface area contributed by atoms with Crippen LogP contribution in [0.25, 0.3) is 0 Å². The van der Waals surface area contributed by atoms with E-state index in [0.29, 0.717) is 0 Å². The van der Waals surface area contributed by atoms with Gasteiger partial charge in [0.2, 0.25) is 11.8 Å². The first-order chi connectivity index (χ1) is 7.06. The molecule has 7 heteroatoms. The number of imide groups is 1. The monoisotopic (exact) mass is 234 g/mol. The fourth-order valence-electron chi connectivity index (χ4n) is 1.27. The van der Waals surface area contributed by atoms with Crippen LogP contribution in [-0.4, -0.2) is 41.2 Å². The average molecular weight is 234 g/mol. The maximum atomic E-state index is 12.8. The van der Waals surface area contributed by atoms with E-state index in [4.69, 9.17) is 0 Å². The molecule has 1 rings (SSSR count). The van der Waals surface area contributed by atoms with E-state index in [0.717, 1.165) is 4.90 Å². The highest BCUT2D eigenvalue weighted by Crippen LogP contribution is 2.15. The topological polar surface area (TPSA) is 66.5 Å². The maximum Gasteiger partial charge on any atom is 0.264 e. The number of carbonyl (C=O) groups excluding carboxylic acids is 3. The van der Waals surface area contributed by atoms with Crippen LogP contribution in [0.15, 0.2) is 0 Å². The van der Waals surface area contributed by atoms with Gasteiger partial charge < -0.3 is 5.32 Å². The van der Waals surface area contributed by atoms with Crippen molar-refractivity contribution < 1.29 is 18.8 Å². The maximum absolute atomic E-state index is 12.8. The Morgan fingerprint density at radius 1 is 1.60 bits per heavy atom. The smallest absolute Gasteiger partial charge is 0.264 e. The summed E-state index contributed by atoms with van der Waals surface area (Å²) in [6.07, 6.45) is -2.18. The molecule has 0 aromatic heterocycles. The van der Waals surface area contributed by atoms with Crippen LogP contribution in [0.3, 0.4) is 0 Å². The van der Waals surface area contributed by atoms with E-state index in [1.165, 1.54) is 0 Å². The Balaban J connectivity index is 2.42. The van der Waals surface area contributed by atoms with Crippen molar-refractivity contribution in [3.8, 4) is 0 Å². The number of rotatable bonds is 4. The van der Waals surface area contributed by atoms with Gasteiger partial charge in [-0.1, -0.05) is 0 Å². The standard InChI is InChI=1S/C8H11FN2O3S/c9-5-3-7(13)11(8(5)14)2-1-6(12)10-4-15/h5,15H,1-4H2,(H,10,12). The van der Waals surface area contributed by atoms with Gasteiger partial charge in [0.25, 0.3) is 5.91 Å². The minimum Gasteiger partial charge on any atom is -0.347 e. The minimum atomic E-state index is -1.74. The Kier molecular flexibility index (Phi) is 4.07. The van der Waals surface area contributed by atoms with Crippen molar-refractivity contribution in [3.63, 3.8) is 0 Å². The van der Waals surface area contributed by atoms with Crippen LogP contribution in [0.2, 0.25) is 0 Å². The van der Waals surface area contributed by atoms with Crippen LogP contribution in [-0.2, 0) is 14.4 Å². The molecule has 0 radical (unpaired) electrons. The molecule has 5 nitrogen and oxygen atoms in total. The van der Waals surface area contributed by atoms with Crippen molar-refractivity contribution in [2.75, 3.05) is 12.4 Å². The molecule has 1 fully saturated rings. The van der Waals surface area contributed by atoms with Crippen molar-refractivity contribution in [1.82, 2.24) is 10.2 Å². The van der Waals surface area contributed by atoms with Gasteiger partial charge in [-0.25, -0.2) is 4.39 Å². The number of halogens is 1. The number of thiol groups is 1. The van der Waals surface area contributed by atoms with Gasteiger partial charge in [0.1, 0.15) is 0 Å². The Labute approximate surface area is 91.4 Å². The number of amides is 3. The van der Waals surface area contributed by atoms with Gasteiger partial charge in [0, 0.05) is 13.0 Å². The predicted octanol–water partition coefficient (Wildman–Crippen LogP) is -0.523. The highest BCUT2D eigenvalue weighted by Gasteiger charge is 2.38. The largest absolute Gasteiger partial charge is 0.347 e. The first-order valence-corrected chi connectivity index (χ1v) is 5.05. The summed E-state index contributed by atoms with van der Waals surface area (Å²) in [6.45, 7) is -0.0717. The molecular formula is C8H11FN2O3S. The van der Waals surface area contributed by atoms with E-state index >= 15 is 0 Å². The van der Waals surface area contributed by atoms with E-state index in [-0.39, 0.29) is 24.7 Å². The summed E-state index contributed by atoms with van der Waals surface area (Å²) in [5.41, 5.74) is 0. The highest BCUT2D eigenvalue weighted by molar-refractivity contribution is 7.80. The summed E-state index contributed by atoms with van der Waals surface area (Å²) in [5, 5.41) is 2.39. The van der Waals surface area contributed by atoms with Crippen molar-refractivity contribution in [2.45, 2.75) is 19.0 Å². The number of nitrogens with zero attached hydrogens (tertiary/aromatic N) is 1. The molecule has 1 aliphatic heterocycles. The van der Waals surface area contributed by atoms with Gasteiger partial charge in [-0.2, -0.15) is 12.6 Å². The third-order valence-electron chi connectivity index (χ3n) is 2.03. The summed E-state index contributed by atoms with van der Waals surface area (Å²) < 4.78 is 12.8. The van der Waals surface area contributed by atoms with Crippen LogP contribution in [0.1, 0.15) is 12.8 Å². The molecule has 1 unspecified atom stereocenters. The number of hydrogen-bond donors (Lipinski definition) is 2. The van der Waals surface area contributed by atoms with E-state index in [1.807, 2.05) is 0 Å². The Hall–Kier alpha value is -1.11. The van der Waals surface area contributed by atoms with Gasteiger partial charge in [-0.05, 0) is 0 Å². The Morgan fingerprint density at radius 3 is 2.73 bits per heavy atom. The van der Waals surface area contributed by atoms with Crippen molar-refractivity contribution in [3.05, 3.63) is 0 Å². The molecular weight excluding hydrogens is 223 g/mol. The van der Waals surface area contributed by atoms with Gasteiger partial charge in [0.15, 0.2) is 6.17 Å². The van der Waals surface area contributed by atoms with Crippen molar-refractivity contribution in [2.24, 2.45) is 0 Å². The molecule has 1 saturated heterocycles. The molecule has 0 aliphatic carbocycles. The summed E-state index contributed by atoms with van der Waals surface area (Å²) in [6, 6.07) is 0. The quantitative estimate of drug-likeness (QED) is 0.390. The highest BCUT2D eigenvalue weighted by atomic mass is 32.1. The Bertz CT molecular complexity index is 298. The van der Waals surface area contributed by atoms with Gasteiger partial charge in [-0.3, -0.25) is 19.3 Å². The fraction of sp³-hybridized carbons (Fsp3) is 0.625. The normalized spacial score (nSPS) is 20.9. The second-order valence-corrected chi connectivity index (χ2v) is 3.38. The molecule has 0 saturated carbocycles. The van der Waals surface area contributed by atoms with Crippen molar-refractivity contribution >= 4 is 30.4 Å². The first-order valence-electron chi connectivity index (χ1n) is 4.42. The van der Waals surface area contributed by atoms with Crippen LogP contribution < -0.4 is 5.32 Å². The second kappa shape index (κ2) is 5.11. The molecule has 1 heterocycles. The zero-order valence-corrected chi connectivity index (χ0v) is 8.80. The zero-order chi connectivity index (χ0) is 11.4. The van der Waals surface area contributed by atoms with Crippen LogP contribution in [0.4, 0.5) is 4.39 Å². The number of likely N-dealkylation sites (tertiary alicyclic amines) is 1. The lowest BCUT2D eigenvalue weighted by atomic mass is 10.3. The Morgan fingerprint density at radius 2 is 2.27 bits per heavy atom. The molecule has 3 amide bonds. The number of alkyl halides is 1. The minimum absolute atomic E-state index is 0.0231. The summed E-state index contributed by atoms with van der Waals surface area (Å²) >= 11 is 3.77. The van der Waals surface area contributed by atoms with Crippen LogP contribution in [0, 0.1) is 0 Å². The van der Waals surface area contributed by atoms with Crippen molar-refractivity contribution in [1.29, 1.82) is 0 Å². The summed E-state index contributed by atoms with van der Waals surface area (Å²) in [5.74, 6) is -1.55. The van der Waals surface area contributed by atoms with Crippen LogP contribution in [0.5, 0.6) is 0 Å². The zero-order valence-electron chi connectivity index (χ0n) is 7.90. The lowest BCUT2D eigenvalue weighted by Crippen LogP contribution is -2.35. The lowest BCUT2D eigenvalue weighted by Gasteiger charge is -2.12. The molecule has 0 aromatic rings. The third kappa shape index (κ3) is 2.92. The van der Waals surface area contributed by atoms with E-state index in [2.05, 4.69) is 17.9 Å². The summed E-state index contributed by atoms with van der Waals surface area (Å²) in [4.78, 5) is 33.9. The fourth-order valence-corrected chi connectivity index (χ4v) is 1.44. The average Bonchev–Trinajstić information content (AvgIpc) is 2.40. The lowest BCUT2D eigenvalue weighted by molar-refractivity contribution is -0.139. The molecule has 84 valence electrons. The van der Waals surface area contributed by atoms with Crippen LogP contribution >= 0.6 is 12.6 Å². The van der Waals surface area contributed by atoms with Gasteiger partial charge in [-0.15, -0.1) is 0 Å². The number of hydrogen-bond acceptors (Lipinski definition) is 4. The molecule has 15 heavy (non-hydrogen) atoms. The second-order valence-electron chi connectivity index (χ2n) is 3.06. The molecule has 0 spiro atoms. The van der Waals surface area contributed by atoms with E-state index in [1.54, 1.807) is 0 Å². The van der Waals surface area contributed by atoms with Gasteiger partial charge >= 0.3 is 0 Å². The predicted molar refractivity (Wildman–Crippen MR) is 52.8 cm³/mol. The van der Waals surface area contributed by atoms with E-state index in [9.17, 15) is 18.8 Å². The van der Waals surface area contributed by atoms with Gasteiger partial charge in [0.05, 0.1) is 12.3 Å². The third-order valence-corrected chi connectivity index (χ3v) is 2.19. The molecule has 1 aliphatic rings. The SMILES string of the molecule is O=C(CCN1C(=O)CC(F)C1=O)NCS. The van der Waals surface area contributed by atoms with E-state index < -0.39 is 24.4 Å². The molecule has 1 atom stereocenters. The first kappa shape index (κ1) is 12.0. The molecule has 0 bridgehead atoms. The number of carbonyl (C=O) groups is 3. The summed E-state index contributed by atoms with van der Waals surface area (Å²) in [7, 11) is 0. The number of nitrogens with one attached hydrogen (secondary N) is 1. The molecule has 0 aromatic carbocycles.